The van der Waals surface area contributed by atoms with E-state index in [9.17, 15) is 4.79 Å². The highest BCUT2D eigenvalue weighted by Gasteiger charge is 2.33. The molecule has 1 saturated heterocycles. The monoisotopic (exact) mass is 215 g/mol. The number of aliphatic carboxylic acids is 1. The summed E-state index contributed by atoms with van der Waals surface area (Å²) in [6.07, 6.45) is 1.10. The van der Waals surface area contributed by atoms with Crippen LogP contribution in [0.2, 0.25) is 0 Å². The van der Waals surface area contributed by atoms with Crippen molar-refractivity contribution >= 4 is 5.97 Å². The van der Waals surface area contributed by atoms with Gasteiger partial charge in [-0.3, -0.25) is 9.69 Å². The van der Waals surface area contributed by atoms with E-state index in [0.717, 1.165) is 19.5 Å². The van der Waals surface area contributed by atoms with E-state index in [0.29, 0.717) is 11.8 Å². The predicted molar refractivity (Wildman–Crippen MR) is 57.8 cm³/mol. The standard InChI is InChI=1S/C11H21NO3/c1-8(2)9-4-5-12(6-9)10(7-15-3)11(13)14/h8-10H,4-7H2,1-3H3,(H,13,14). The Morgan fingerprint density at radius 3 is 2.67 bits per heavy atom. The largest absolute Gasteiger partial charge is 0.480 e. The van der Waals surface area contributed by atoms with Crippen LogP contribution in [0.5, 0.6) is 0 Å². The van der Waals surface area contributed by atoms with E-state index in [1.54, 1.807) is 7.11 Å². The summed E-state index contributed by atoms with van der Waals surface area (Å²) in [7, 11) is 1.55. The van der Waals surface area contributed by atoms with Gasteiger partial charge in [-0.05, 0) is 24.8 Å². The molecule has 0 bridgehead atoms. The Bertz CT molecular complexity index is 218. The summed E-state index contributed by atoms with van der Waals surface area (Å²) < 4.78 is 4.95. The molecular formula is C11H21NO3. The molecular weight excluding hydrogens is 194 g/mol. The molecule has 1 fully saturated rings. The van der Waals surface area contributed by atoms with Crippen LogP contribution in [-0.2, 0) is 9.53 Å². The van der Waals surface area contributed by atoms with Crippen molar-refractivity contribution in [2.75, 3.05) is 26.8 Å². The van der Waals surface area contributed by atoms with Crippen LogP contribution < -0.4 is 0 Å². The molecule has 2 atom stereocenters. The number of ether oxygens (including phenoxy) is 1. The quantitative estimate of drug-likeness (QED) is 0.745. The molecule has 4 nitrogen and oxygen atoms in total. The minimum absolute atomic E-state index is 0.278. The lowest BCUT2D eigenvalue weighted by atomic mass is 9.95. The fraction of sp³-hybridized carbons (Fsp3) is 0.909. The SMILES string of the molecule is COCC(C(=O)O)N1CCC(C(C)C)C1. The maximum absolute atomic E-state index is 11.0. The highest BCUT2D eigenvalue weighted by molar-refractivity contribution is 5.73. The average Bonchev–Trinajstić information content (AvgIpc) is 2.62. The van der Waals surface area contributed by atoms with Crippen LogP contribution in [0.3, 0.4) is 0 Å². The van der Waals surface area contributed by atoms with Crippen molar-refractivity contribution in [3.63, 3.8) is 0 Å². The van der Waals surface area contributed by atoms with Crippen molar-refractivity contribution in [1.82, 2.24) is 4.90 Å². The van der Waals surface area contributed by atoms with E-state index in [2.05, 4.69) is 13.8 Å². The number of hydrogen-bond donors (Lipinski definition) is 1. The zero-order chi connectivity index (χ0) is 11.4. The number of carbonyl (C=O) groups is 1. The van der Waals surface area contributed by atoms with Crippen molar-refractivity contribution in [1.29, 1.82) is 0 Å². The lowest BCUT2D eigenvalue weighted by Crippen LogP contribution is -2.43. The summed E-state index contributed by atoms with van der Waals surface area (Å²) in [5, 5.41) is 9.07. The Hall–Kier alpha value is -0.610. The Kier molecular flexibility index (Phi) is 4.54. The summed E-state index contributed by atoms with van der Waals surface area (Å²) in [4.78, 5) is 13.1. The van der Waals surface area contributed by atoms with Gasteiger partial charge in [-0.25, -0.2) is 0 Å². The Labute approximate surface area is 91.2 Å². The molecule has 0 amide bonds. The highest BCUT2D eigenvalue weighted by Crippen LogP contribution is 2.25. The van der Waals surface area contributed by atoms with Gasteiger partial charge in [0.1, 0.15) is 6.04 Å². The molecule has 0 aromatic carbocycles. The van der Waals surface area contributed by atoms with Crippen molar-refractivity contribution in [2.24, 2.45) is 11.8 Å². The van der Waals surface area contributed by atoms with E-state index < -0.39 is 12.0 Å². The molecule has 1 N–H and O–H groups in total. The van der Waals surface area contributed by atoms with Crippen LogP contribution in [0.4, 0.5) is 0 Å². The van der Waals surface area contributed by atoms with Crippen LogP contribution in [0.25, 0.3) is 0 Å². The molecule has 0 spiro atoms. The fourth-order valence-corrected chi connectivity index (χ4v) is 2.13. The van der Waals surface area contributed by atoms with Gasteiger partial charge in [-0.2, -0.15) is 0 Å². The van der Waals surface area contributed by atoms with Crippen LogP contribution >= 0.6 is 0 Å². The summed E-state index contributed by atoms with van der Waals surface area (Å²) in [6, 6.07) is -0.473. The predicted octanol–water partition coefficient (Wildman–Crippen LogP) is 1.06. The maximum atomic E-state index is 11.0. The molecule has 0 aromatic heterocycles. The lowest BCUT2D eigenvalue weighted by Gasteiger charge is -2.24. The molecule has 1 rings (SSSR count). The Morgan fingerprint density at radius 1 is 1.60 bits per heavy atom. The molecule has 0 radical (unpaired) electrons. The van der Waals surface area contributed by atoms with E-state index in [-0.39, 0.29) is 6.61 Å². The smallest absolute Gasteiger partial charge is 0.323 e. The van der Waals surface area contributed by atoms with Gasteiger partial charge in [0.25, 0.3) is 0 Å². The normalized spacial score (nSPS) is 24.7. The first-order chi connectivity index (χ1) is 7.06. The first-order valence-corrected chi connectivity index (χ1v) is 5.52. The maximum Gasteiger partial charge on any atom is 0.323 e. The van der Waals surface area contributed by atoms with Crippen molar-refractivity contribution in [3.05, 3.63) is 0 Å². The Morgan fingerprint density at radius 2 is 2.27 bits per heavy atom. The number of carboxylic acid groups (broad SMARTS) is 1. The van der Waals surface area contributed by atoms with Gasteiger partial charge in [-0.15, -0.1) is 0 Å². The Balaban J connectivity index is 2.52. The number of carboxylic acids is 1. The number of rotatable bonds is 5. The van der Waals surface area contributed by atoms with E-state index >= 15 is 0 Å². The van der Waals surface area contributed by atoms with Gasteiger partial charge >= 0.3 is 5.97 Å². The summed E-state index contributed by atoms with van der Waals surface area (Å²) in [5.41, 5.74) is 0. The molecule has 1 heterocycles. The van der Waals surface area contributed by atoms with Crippen LogP contribution in [0.1, 0.15) is 20.3 Å². The molecule has 1 aliphatic rings. The second kappa shape index (κ2) is 5.47. The molecule has 0 aromatic rings. The first kappa shape index (κ1) is 12.5. The van der Waals surface area contributed by atoms with Gasteiger partial charge in [0, 0.05) is 13.7 Å². The lowest BCUT2D eigenvalue weighted by molar-refractivity contribution is -0.144. The zero-order valence-electron chi connectivity index (χ0n) is 9.77. The van der Waals surface area contributed by atoms with E-state index in [4.69, 9.17) is 9.84 Å². The molecule has 15 heavy (non-hydrogen) atoms. The molecule has 1 aliphatic heterocycles. The van der Waals surface area contributed by atoms with Crippen LogP contribution in [0.15, 0.2) is 0 Å². The molecule has 0 aliphatic carbocycles. The third-order valence-electron chi connectivity index (χ3n) is 3.25. The molecule has 88 valence electrons. The van der Waals surface area contributed by atoms with Crippen molar-refractivity contribution in [2.45, 2.75) is 26.3 Å². The summed E-state index contributed by atoms with van der Waals surface area (Å²) in [5.74, 6) is 0.483. The van der Waals surface area contributed by atoms with Crippen molar-refractivity contribution < 1.29 is 14.6 Å². The van der Waals surface area contributed by atoms with Crippen LogP contribution in [0, 0.1) is 11.8 Å². The van der Waals surface area contributed by atoms with Gasteiger partial charge < -0.3 is 9.84 Å². The second-order valence-electron chi connectivity index (χ2n) is 4.60. The van der Waals surface area contributed by atoms with Gasteiger partial charge in [0.15, 0.2) is 0 Å². The number of likely N-dealkylation sites (tertiary alicyclic amines) is 1. The highest BCUT2D eigenvalue weighted by atomic mass is 16.5. The number of nitrogens with zero attached hydrogens (tertiary/aromatic N) is 1. The molecule has 0 saturated carbocycles. The summed E-state index contributed by atoms with van der Waals surface area (Å²) in [6.45, 7) is 6.43. The summed E-state index contributed by atoms with van der Waals surface area (Å²) >= 11 is 0. The first-order valence-electron chi connectivity index (χ1n) is 5.52. The van der Waals surface area contributed by atoms with Gasteiger partial charge in [-0.1, -0.05) is 13.8 Å². The minimum Gasteiger partial charge on any atom is -0.480 e. The van der Waals surface area contributed by atoms with Gasteiger partial charge in [0.2, 0.25) is 0 Å². The fourth-order valence-electron chi connectivity index (χ4n) is 2.13. The average molecular weight is 215 g/mol. The number of methoxy groups -OCH3 is 1. The topological polar surface area (TPSA) is 49.8 Å². The van der Waals surface area contributed by atoms with Gasteiger partial charge in [0.05, 0.1) is 6.61 Å². The van der Waals surface area contributed by atoms with E-state index in [1.807, 2.05) is 4.90 Å². The van der Waals surface area contributed by atoms with E-state index in [1.165, 1.54) is 0 Å². The molecule has 4 heteroatoms. The second-order valence-corrected chi connectivity index (χ2v) is 4.60. The molecule has 2 unspecified atom stereocenters. The number of hydrogen-bond acceptors (Lipinski definition) is 3. The minimum atomic E-state index is -0.777. The third-order valence-corrected chi connectivity index (χ3v) is 3.25. The zero-order valence-corrected chi connectivity index (χ0v) is 9.77. The van der Waals surface area contributed by atoms with Crippen LogP contribution in [-0.4, -0.2) is 48.8 Å². The van der Waals surface area contributed by atoms with Crippen molar-refractivity contribution in [3.8, 4) is 0 Å². The third kappa shape index (κ3) is 3.18.